The second-order valence-corrected chi connectivity index (χ2v) is 5.96. The summed E-state index contributed by atoms with van der Waals surface area (Å²) in [6, 6.07) is 9.46. The molecule has 0 aliphatic carbocycles. The van der Waals surface area contributed by atoms with Gasteiger partial charge in [0.1, 0.15) is 5.82 Å². The molecule has 0 bridgehead atoms. The van der Waals surface area contributed by atoms with Gasteiger partial charge in [0.2, 0.25) is 11.8 Å². The predicted molar refractivity (Wildman–Crippen MR) is 92.6 cm³/mol. The number of carbonyl (C=O) groups excluding carboxylic acids is 2. The number of aromatic nitrogens is 2. The molecule has 0 saturated carbocycles. The Bertz CT molecular complexity index is 774. The molecule has 0 saturated heterocycles. The third-order valence-corrected chi connectivity index (χ3v) is 3.92. The van der Waals surface area contributed by atoms with Crippen LogP contribution in [-0.4, -0.2) is 34.7 Å². The quantitative estimate of drug-likeness (QED) is 0.868. The maximum Gasteiger partial charge on any atom is 0.227 e. The lowest BCUT2D eigenvalue weighted by atomic mass is 10.3. The second kappa shape index (κ2) is 6.92. The Morgan fingerprint density at radius 1 is 1.29 bits per heavy atom. The highest BCUT2D eigenvalue weighted by atomic mass is 35.5. The molecule has 1 aliphatic rings. The monoisotopic (exact) mass is 347 g/mol. The van der Waals surface area contributed by atoms with Crippen LogP contribution in [0, 0.1) is 0 Å². The first-order valence-electron chi connectivity index (χ1n) is 7.68. The average Bonchev–Trinajstić information content (AvgIpc) is 3.06. The largest absolute Gasteiger partial charge is 0.356 e. The zero-order chi connectivity index (χ0) is 17.1. The van der Waals surface area contributed by atoms with Crippen LogP contribution in [-0.2, 0) is 16.1 Å². The van der Waals surface area contributed by atoms with Gasteiger partial charge in [0.15, 0.2) is 5.82 Å². The van der Waals surface area contributed by atoms with E-state index in [1.807, 2.05) is 35.0 Å². The molecule has 0 atom stereocenters. The van der Waals surface area contributed by atoms with Crippen molar-refractivity contribution >= 4 is 40.7 Å². The number of carbonyl (C=O) groups is 2. The van der Waals surface area contributed by atoms with Crippen LogP contribution < -0.4 is 15.5 Å². The molecule has 2 N–H and O–H groups in total. The molecule has 0 unspecified atom stereocenters. The summed E-state index contributed by atoms with van der Waals surface area (Å²) < 4.78 is 1.85. The molecule has 7 nitrogen and oxygen atoms in total. The lowest BCUT2D eigenvalue weighted by Crippen LogP contribution is -2.25. The molecule has 2 aromatic rings. The van der Waals surface area contributed by atoms with Gasteiger partial charge in [-0.3, -0.25) is 9.59 Å². The summed E-state index contributed by atoms with van der Waals surface area (Å²) in [6.07, 6.45) is 0.208. The maximum absolute atomic E-state index is 11.9. The minimum Gasteiger partial charge on any atom is -0.356 e. The van der Waals surface area contributed by atoms with E-state index in [9.17, 15) is 9.59 Å². The highest BCUT2D eigenvalue weighted by molar-refractivity contribution is 6.30. The number of halogens is 1. The Kier molecular flexibility index (Phi) is 4.71. The molecular weight excluding hydrogens is 330 g/mol. The van der Waals surface area contributed by atoms with Crippen LogP contribution in [0.5, 0.6) is 0 Å². The van der Waals surface area contributed by atoms with E-state index < -0.39 is 0 Å². The number of amides is 2. The van der Waals surface area contributed by atoms with E-state index in [2.05, 4.69) is 20.6 Å². The molecule has 2 amide bonds. The first-order valence-corrected chi connectivity index (χ1v) is 8.06. The number of nitrogens with zero attached hydrogens (tertiary/aromatic N) is 3. The van der Waals surface area contributed by atoms with Crippen molar-refractivity contribution in [3.8, 4) is 0 Å². The maximum atomic E-state index is 11.9. The fourth-order valence-corrected chi connectivity index (χ4v) is 2.81. The third-order valence-electron chi connectivity index (χ3n) is 3.68. The molecule has 126 valence electrons. The third kappa shape index (κ3) is 3.68. The van der Waals surface area contributed by atoms with Crippen molar-refractivity contribution in [2.24, 2.45) is 0 Å². The molecular formula is C16H18ClN5O2. The second-order valence-electron chi connectivity index (χ2n) is 5.52. The highest BCUT2D eigenvalue weighted by Gasteiger charge is 2.23. The Morgan fingerprint density at radius 3 is 2.88 bits per heavy atom. The molecule has 0 radical (unpaired) electrons. The zero-order valence-electron chi connectivity index (χ0n) is 13.3. The van der Waals surface area contributed by atoms with Gasteiger partial charge in [-0.05, 0) is 18.2 Å². The standard InChI is InChI=1S/C16H18ClN5O2/c1-11(23)18-6-5-15(24)19-14-10-16-21(7-8-22(16)20-14)13-4-2-3-12(17)9-13/h2-4,9-10H,5-8H2,1H3,(H,18,23)(H,19,20,24). The number of anilines is 3. The van der Waals surface area contributed by atoms with Crippen molar-refractivity contribution in [2.75, 3.05) is 23.3 Å². The molecule has 1 aromatic heterocycles. The molecule has 3 rings (SSSR count). The van der Waals surface area contributed by atoms with Gasteiger partial charge >= 0.3 is 0 Å². The Labute approximate surface area is 144 Å². The zero-order valence-corrected chi connectivity index (χ0v) is 14.0. The molecule has 1 aromatic carbocycles. The number of hydrogen-bond donors (Lipinski definition) is 2. The van der Waals surface area contributed by atoms with Gasteiger partial charge in [-0.25, -0.2) is 4.68 Å². The lowest BCUT2D eigenvalue weighted by molar-refractivity contribution is -0.119. The summed E-state index contributed by atoms with van der Waals surface area (Å²) in [5, 5.41) is 10.4. The fourth-order valence-electron chi connectivity index (χ4n) is 2.62. The number of fused-ring (bicyclic) bond motifs is 1. The van der Waals surface area contributed by atoms with Crippen LogP contribution in [0.25, 0.3) is 0 Å². The van der Waals surface area contributed by atoms with Crippen molar-refractivity contribution in [1.29, 1.82) is 0 Å². The fraction of sp³-hybridized carbons (Fsp3) is 0.312. The first-order chi connectivity index (χ1) is 11.5. The van der Waals surface area contributed by atoms with Gasteiger partial charge in [-0.15, -0.1) is 0 Å². The highest BCUT2D eigenvalue weighted by Crippen LogP contribution is 2.32. The van der Waals surface area contributed by atoms with E-state index >= 15 is 0 Å². The summed E-state index contributed by atoms with van der Waals surface area (Å²) in [5.74, 6) is 1.08. The molecule has 0 fully saturated rings. The van der Waals surface area contributed by atoms with Gasteiger partial charge in [0.05, 0.1) is 6.54 Å². The summed E-state index contributed by atoms with van der Waals surface area (Å²) in [5.41, 5.74) is 0.990. The van der Waals surface area contributed by atoms with Crippen LogP contribution in [0.4, 0.5) is 17.3 Å². The Balaban J connectivity index is 1.66. The SMILES string of the molecule is CC(=O)NCCC(=O)Nc1cc2n(n1)CCN2c1cccc(Cl)c1. The molecule has 0 spiro atoms. The van der Waals surface area contributed by atoms with Gasteiger partial charge in [0.25, 0.3) is 0 Å². The molecule has 1 aliphatic heterocycles. The van der Waals surface area contributed by atoms with Gasteiger partial charge in [-0.1, -0.05) is 17.7 Å². The summed E-state index contributed by atoms with van der Waals surface area (Å²) >= 11 is 6.06. The topological polar surface area (TPSA) is 79.3 Å². The van der Waals surface area contributed by atoms with Crippen molar-refractivity contribution < 1.29 is 9.59 Å². The Hall–Kier alpha value is -2.54. The van der Waals surface area contributed by atoms with Gasteiger partial charge < -0.3 is 15.5 Å². The molecule has 24 heavy (non-hydrogen) atoms. The van der Waals surface area contributed by atoms with Crippen molar-refractivity contribution in [3.05, 3.63) is 35.4 Å². The predicted octanol–water partition coefficient (Wildman–Crippen LogP) is 2.15. The number of hydrogen-bond acceptors (Lipinski definition) is 4. The van der Waals surface area contributed by atoms with Crippen molar-refractivity contribution in [1.82, 2.24) is 15.1 Å². The molecule has 2 heterocycles. The van der Waals surface area contributed by atoms with Crippen LogP contribution in [0.3, 0.4) is 0 Å². The van der Waals surface area contributed by atoms with Gasteiger partial charge in [-0.2, -0.15) is 5.10 Å². The minimum atomic E-state index is -0.185. The molecule has 8 heteroatoms. The normalized spacial score (nSPS) is 12.8. The smallest absolute Gasteiger partial charge is 0.227 e. The van der Waals surface area contributed by atoms with Gasteiger partial charge in [0, 0.05) is 43.2 Å². The summed E-state index contributed by atoms with van der Waals surface area (Å²) in [6.45, 7) is 3.27. The van der Waals surface area contributed by atoms with Crippen LogP contribution in [0.15, 0.2) is 30.3 Å². The number of benzene rings is 1. The van der Waals surface area contributed by atoms with Crippen LogP contribution in [0.1, 0.15) is 13.3 Å². The minimum absolute atomic E-state index is 0.152. The van der Waals surface area contributed by atoms with E-state index in [4.69, 9.17) is 11.6 Å². The lowest BCUT2D eigenvalue weighted by Gasteiger charge is -2.17. The summed E-state index contributed by atoms with van der Waals surface area (Å²) in [7, 11) is 0. The van der Waals surface area contributed by atoms with Crippen LogP contribution in [0.2, 0.25) is 5.02 Å². The number of nitrogens with one attached hydrogen (secondary N) is 2. The van der Waals surface area contributed by atoms with E-state index in [-0.39, 0.29) is 18.2 Å². The van der Waals surface area contributed by atoms with Crippen LogP contribution >= 0.6 is 11.6 Å². The van der Waals surface area contributed by atoms with Crippen molar-refractivity contribution in [3.63, 3.8) is 0 Å². The van der Waals surface area contributed by atoms with E-state index in [1.165, 1.54) is 6.92 Å². The average molecular weight is 348 g/mol. The summed E-state index contributed by atoms with van der Waals surface area (Å²) in [4.78, 5) is 24.8. The van der Waals surface area contributed by atoms with E-state index in [0.29, 0.717) is 17.4 Å². The Morgan fingerprint density at radius 2 is 2.12 bits per heavy atom. The van der Waals surface area contributed by atoms with Crippen molar-refractivity contribution in [2.45, 2.75) is 19.9 Å². The van der Waals surface area contributed by atoms with E-state index in [0.717, 1.165) is 24.6 Å². The first kappa shape index (κ1) is 16.3. The number of rotatable bonds is 5. The van der Waals surface area contributed by atoms with E-state index in [1.54, 1.807) is 0 Å².